The number of benzene rings is 1. The molecule has 0 amide bonds. The van der Waals surface area contributed by atoms with Gasteiger partial charge in [0.15, 0.2) is 4.34 Å². The maximum atomic E-state index is 5.85. The van der Waals surface area contributed by atoms with Crippen LogP contribution in [0, 0.1) is 0 Å². The molecule has 17 heavy (non-hydrogen) atoms. The second-order valence-corrected chi connectivity index (χ2v) is 5.70. The summed E-state index contributed by atoms with van der Waals surface area (Å²) in [6.07, 6.45) is 2.79. The molecule has 1 aromatic carbocycles. The maximum Gasteiger partial charge on any atom is 0.154 e. The van der Waals surface area contributed by atoms with Crippen molar-refractivity contribution in [3.05, 3.63) is 29.8 Å². The average molecular weight is 266 g/mol. The molecule has 0 radical (unpaired) electrons. The van der Waals surface area contributed by atoms with Gasteiger partial charge >= 0.3 is 0 Å². The van der Waals surface area contributed by atoms with Gasteiger partial charge in [-0.1, -0.05) is 18.7 Å². The standard InChI is InChI=1S/C12H14N2OS2/c1-2-4-15-10-6-9(13)7-11(8-10)17-12-14-3-5-16-12/h3,5-8H,2,4,13H2,1H3. The van der Waals surface area contributed by atoms with Crippen LogP contribution in [0.1, 0.15) is 13.3 Å². The van der Waals surface area contributed by atoms with Crippen LogP contribution in [-0.2, 0) is 0 Å². The fraction of sp³-hybridized carbons (Fsp3) is 0.250. The Balaban J connectivity index is 2.13. The summed E-state index contributed by atoms with van der Waals surface area (Å²) < 4.78 is 6.60. The monoisotopic (exact) mass is 266 g/mol. The van der Waals surface area contributed by atoms with E-state index in [9.17, 15) is 0 Å². The molecule has 1 heterocycles. The molecule has 0 saturated carbocycles. The number of anilines is 1. The lowest BCUT2D eigenvalue weighted by Crippen LogP contribution is -1.96. The van der Waals surface area contributed by atoms with Crippen LogP contribution < -0.4 is 10.5 Å². The number of aromatic nitrogens is 1. The number of hydrogen-bond donors (Lipinski definition) is 1. The van der Waals surface area contributed by atoms with E-state index in [0.29, 0.717) is 6.61 Å². The van der Waals surface area contributed by atoms with Gasteiger partial charge in [-0.3, -0.25) is 0 Å². The summed E-state index contributed by atoms with van der Waals surface area (Å²) in [6, 6.07) is 5.78. The fourth-order valence-corrected chi connectivity index (χ4v) is 3.01. The van der Waals surface area contributed by atoms with E-state index in [4.69, 9.17) is 10.5 Å². The zero-order valence-electron chi connectivity index (χ0n) is 9.55. The molecule has 90 valence electrons. The van der Waals surface area contributed by atoms with Gasteiger partial charge < -0.3 is 10.5 Å². The van der Waals surface area contributed by atoms with E-state index in [-0.39, 0.29) is 0 Å². The van der Waals surface area contributed by atoms with Crippen LogP contribution in [0.3, 0.4) is 0 Å². The van der Waals surface area contributed by atoms with Crippen molar-refractivity contribution in [2.75, 3.05) is 12.3 Å². The van der Waals surface area contributed by atoms with Gasteiger partial charge in [-0.2, -0.15) is 0 Å². The minimum absolute atomic E-state index is 0.713. The highest BCUT2D eigenvalue weighted by atomic mass is 32.2. The zero-order chi connectivity index (χ0) is 12.1. The Kier molecular flexibility index (Phi) is 4.28. The first-order chi connectivity index (χ1) is 8.28. The summed E-state index contributed by atoms with van der Waals surface area (Å²) in [4.78, 5) is 5.29. The molecule has 0 aliphatic rings. The highest BCUT2D eigenvalue weighted by Crippen LogP contribution is 2.33. The number of thiazole rings is 1. The van der Waals surface area contributed by atoms with Gasteiger partial charge in [-0.05, 0) is 18.6 Å². The first-order valence-electron chi connectivity index (χ1n) is 5.38. The fourth-order valence-electron chi connectivity index (χ4n) is 1.32. The summed E-state index contributed by atoms with van der Waals surface area (Å²) in [7, 11) is 0. The number of hydrogen-bond acceptors (Lipinski definition) is 5. The molecular formula is C12H14N2OS2. The first-order valence-corrected chi connectivity index (χ1v) is 7.08. The summed E-state index contributed by atoms with van der Waals surface area (Å²) in [5.74, 6) is 0.825. The van der Waals surface area contributed by atoms with E-state index < -0.39 is 0 Å². The quantitative estimate of drug-likeness (QED) is 0.839. The lowest BCUT2D eigenvalue weighted by Gasteiger charge is -2.07. The summed E-state index contributed by atoms with van der Waals surface area (Å²) in [5.41, 5.74) is 6.57. The molecule has 0 spiro atoms. The third-order valence-corrected chi connectivity index (χ3v) is 3.84. The van der Waals surface area contributed by atoms with Gasteiger partial charge in [-0.15, -0.1) is 11.3 Å². The Bertz CT molecular complexity index is 471. The number of nitrogen functional groups attached to an aromatic ring is 1. The van der Waals surface area contributed by atoms with Crippen LogP contribution in [0.4, 0.5) is 5.69 Å². The Labute approximate surface area is 109 Å². The normalized spacial score (nSPS) is 10.4. The number of rotatable bonds is 5. The van der Waals surface area contributed by atoms with E-state index >= 15 is 0 Å². The highest BCUT2D eigenvalue weighted by Gasteiger charge is 2.04. The maximum absolute atomic E-state index is 5.85. The van der Waals surface area contributed by atoms with Crippen molar-refractivity contribution in [1.29, 1.82) is 0 Å². The Hall–Kier alpha value is -1.20. The smallest absolute Gasteiger partial charge is 0.154 e. The van der Waals surface area contributed by atoms with Crippen molar-refractivity contribution in [2.45, 2.75) is 22.6 Å². The second-order valence-electron chi connectivity index (χ2n) is 3.49. The van der Waals surface area contributed by atoms with Crippen molar-refractivity contribution in [3.63, 3.8) is 0 Å². The molecule has 2 N–H and O–H groups in total. The molecule has 5 heteroatoms. The largest absolute Gasteiger partial charge is 0.493 e. The second kappa shape index (κ2) is 5.93. The molecule has 0 aliphatic carbocycles. The predicted octanol–water partition coefficient (Wildman–Crippen LogP) is 3.67. The van der Waals surface area contributed by atoms with Gasteiger partial charge in [0.1, 0.15) is 5.75 Å². The molecular weight excluding hydrogens is 252 g/mol. The topological polar surface area (TPSA) is 48.1 Å². The Morgan fingerprint density at radius 2 is 2.29 bits per heavy atom. The highest BCUT2D eigenvalue weighted by molar-refractivity contribution is 8.01. The Morgan fingerprint density at radius 1 is 1.41 bits per heavy atom. The molecule has 0 bridgehead atoms. The van der Waals surface area contributed by atoms with Crippen molar-refractivity contribution in [2.24, 2.45) is 0 Å². The lowest BCUT2D eigenvalue weighted by molar-refractivity contribution is 0.317. The SMILES string of the molecule is CCCOc1cc(N)cc(Sc2nccs2)c1. The molecule has 0 saturated heterocycles. The van der Waals surface area contributed by atoms with Gasteiger partial charge in [0.25, 0.3) is 0 Å². The van der Waals surface area contributed by atoms with Crippen molar-refractivity contribution >= 4 is 28.8 Å². The lowest BCUT2D eigenvalue weighted by atomic mass is 10.3. The third-order valence-electron chi connectivity index (χ3n) is 1.99. The number of nitrogens with zero attached hydrogens (tertiary/aromatic N) is 1. The molecule has 0 atom stereocenters. The van der Waals surface area contributed by atoms with E-state index in [2.05, 4.69) is 11.9 Å². The van der Waals surface area contributed by atoms with Crippen molar-refractivity contribution in [3.8, 4) is 5.75 Å². The van der Waals surface area contributed by atoms with Gasteiger partial charge in [0.05, 0.1) is 6.61 Å². The number of nitrogens with two attached hydrogens (primary N) is 1. The summed E-state index contributed by atoms with van der Waals surface area (Å²) in [6.45, 7) is 2.79. The van der Waals surface area contributed by atoms with Crippen molar-refractivity contribution < 1.29 is 4.74 Å². The van der Waals surface area contributed by atoms with Crippen LogP contribution in [0.25, 0.3) is 0 Å². The van der Waals surface area contributed by atoms with Crippen LogP contribution in [0.5, 0.6) is 5.75 Å². The molecule has 0 aliphatic heterocycles. The average Bonchev–Trinajstić information content (AvgIpc) is 2.78. The predicted molar refractivity (Wildman–Crippen MR) is 72.9 cm³/mol. The first kappa shape index (κ1) is 12.3. The van der Waals surface area contributed by atoms with Crippen LogP contribution in [0.2, 0.25) is 0 Å². The number of ether oxygens (including phenoxy) is 1. The van der Waals surface area contributed by atoms with E-state index in [0.717, 1.165) is 27.1 Å². The molecule has 2 aromatic rings. The van der Waals surface area contributed by atoms with E-state index in [1.165, 1.54) is 0 Å². The van der Waals surface area contributed by atoms with E-state index in [1.54, 1.807) is 29.3 Å². The minimum atomic E-state index is 0.713. The van der Waals surface area contributed by atoms with E-state index in [1.807, 2.05) is 23.6 Å². The molecule has 0 fully saturated rings. The molecule has 1 aromatic heterocycles. The van der Waals surface area contributed by atoms with Gasteiger partial charge in [0.2, 0.25) is 0 Å². The summed E-state index contributed by atoms with van der Waals surface area (Å²) >= 11 is 3.22. The third kappa shape index (κ3) is 3.64. The van der Waals surface area contributed by atoms with Crippen LogP contribution in [-0.4, -0.2) is 11.6 Å². The molecule has 3 nitrogen and oxygen atoms in total. The minimum Gasteiger partial charge on any atom is -0.493 e. The van der Waals surface area contributed by atoms with Gasteiger partial charge in [-0.25, -0.2) is 4.98 Å². The van der Waals surface area contributed by atoms with Gasteiger partial charge in [0, 0.05) is 28.2 Å². The van der Waals surface area contributed by atoms with Crippen LogP contribution >= 0.6 is 23.1 Å². The molecule has 0 unspecified atom stereocenters. The van der Waals surface area contributed by atoms with Crippen molar-refractivity contribution in [1.82, 2.24) is 4.98 Å². The molecule has 2 rings (SSSR count). The summed E-state index contributed by atoms with van der Waals surface area (Å²) in [5, 5.41) is 1.96. The Morgan fingerprint density at radius 3 is 3.00 bits per heavy atom. The zero-order valence-corrected chi connectivity index (χ0v) is 11.2. The van der Waals surface area contributed by atoms with Crippen LogP contribution in [0.15, 0.2) is 39.0 Å².